The Bertz CT molecular complexity index is 1290. The first-order valence-electron chi connectivity index (χ1n) is 12.4. The Morgan fingerprint density at radius 3 is 2.71 bits per heavy atom. The molecule has 1 unspecified atom stereocenters. The fraction of sp³-hybridized carbons (Fsp3) is 0.462. The van der Waals surface area contributed by atoms with Crippen LogP contribution in [-0.2, 0) is 29.2 Å². The van der Waals surface area contributed by atoms with Crippen molar-refractivity contribution in [2.24, 2.45) is 0 Å². The van der Waals surface area contributed by atoms with Crippen LogP contribution in [-0.4, -0.2) is 51.1 Å². The Labute approximate surface area is 228 Å². The van der Waals surface area contributed by atoms with Crippen molar-refractivity contribution in [3.8, 4) is 17.3 Å². The van der Waals surface area contributed by atoms with Gasteiger partial charge in [0.1, 0.15) is 36.1 Å². The summed E-state index contributed by atoms with van der Waals surface area (Å²) in [5.74, 6) is -0.464. The zero-order valence-corrected chi connectivity index (χ0v) is 24.1. The molecule has 0 saturated carbocycles. The lowest BCUT2D eigenvalue weighted by Crippen LogP contribution is -2.36. The van der Waals surface area contributed by atoms with Gasteiger partial charge in [0.2, 0.25) is 5.91 Å². The first-order valence-corrected chi connectivity index (χ1v) is 16.5. The Morgan fingerprint density at radius 1 is 1.34 bits per heavy atom. The average molecular weight is 561 g/mol. The van der Waals surface area contributed by atoms with E-state index in [1.807, 2.05) is 6.92 Å². The van der Waals surface area contributed by atoms with Gasteiger partial charge in [0, 0.05) is 38.7 Å². The Kier molecular flexibility index (Phi) is 9.84. The summed E-state index contributed by atoms with van der Waals surface area (Å²) in [5.41, 5.74) is 1.29. The number of amides is 1. The molecular weight excluding hydrogens is 527 g/mol. The molecule has 0 radical (unpaired) electrons. The molecule has 0 spiro atoms. The number of hydrogen-bond acceptors (Lipinski definition) is 6. The molecule has 2 atom stereocenters. The molecule has 3 rings (SSSR count). The predicted octanol–water partition coefficient (Wildman–Crippen LogP) is 4.52. The second-order valence-electron chi connectivity index (χ2n) is 10.6. The maximum atomic E-state index is 14.1. The van der Waals surface area contributed by atoms with Crippen LogP contribution in [0.15, 0.2) is 30.6 Å². The second-order valence-corrected chi connectivity index (χ2v) is 16.6. The molecule has 2 aromatic heterocycles. The maximum Gasteiger partial charge on any atom is 0.226 e. The number of aliphatic hydroxyl groups is 1. The molecule has 0 aliphatic heterocycles. The van der Waals surface area contributed by atoms with Crippen LogP contribution >= 0.6 is 11.6 Å². The van der Waals surface area contributed by atoms with Gasteiger partial charge in [-0.15, -0.1) is 0 Å². The summed E-state index contributed by atoms with van der Waals surface area (Å²) in [6.45, 7) is 11.6. The van der Waals surface area contributed by atoms with E-state index in [0.717, 1.165) is 6.04 Å². The van der Waals surface area contributed by atoms with Crippen LogP contribution in [0.4, 0.5) is 4.39 Å². The van der Waals surface area contributed by atoms with Gasteiger partial charge in [-0.3, -0.25) is 9.48 Å². The van der Waals surface area contributed by atoms with Gasteiger partial charge in [-0.2, -0.15) is 10.4 Å². The molecule has 0 bridgehead atoms. The predicted molar refractivity (Wildman–Crippen MR) is 146 cm³/mol. The van der Waals surface area contributed by atoms with E-state index >= 15 is 0 Å². The fourth-order valence-corrected chi connectivity index (χ4v) is 4.82. The van der Waals surface area contributed by atoms with Crippen LogP contribution in [0.5, 0.6) is 0 Å². The first-order chi connectivity index (χ1) is 17.9. The van der Waals surface area contributed by atoms with Crippen LogP contribution < -0.4 is 5.32 Å². The van der Waals surface area contributed by atoms with Crippen molar-refractivity contribution in [1.82, 2.24) is 24.6 Å². The monoisotopic (exact) mass is 560 g/mol. The quantitative estimate of drug-likeness (QED) is 0.248. The van der Waals surface area contributed by atoms with E-state index in [2.05, 4.69) is 35.0 Å². The van der Waals surface area contributed by atoms with Gasteiger partial charge in [-0.05, 0) is 38.1 Å². The number of imidazole rings is 1. The Balaban J connectivity index is 1.56. The molecule has 0 aliphatic carbocycles. The third kappa shape index (κ3) is 8.23. The van der Waals surface area contributed by atoms with Crippen molar-refractivity contribution in [3.05, 3.63) is 58.5 Å². The molecule has 3 aromatic rings. The highest BCUT2D eigenvalue weighted by atomic mass is 35.5. The van der Waals surface area contributed by atoms with Crippen molar-refractivity contribution in [2.75, 3.05) is 6.61 Å². The maximum absolute atomic E-state index is 14.1. The smallest absolute Gasteiger partial charge is 0.226 e. The average Bonchev–Trinajstić information content (AvgIpc) is 3.42. The number of nitrogens with one attached hydrogen (secondary N) is 1. The van der Waals surface area contributed by atoms with E-state index in [0.29, 0.717) is 35.9 Å². The minimum absolute atomic E-state index is 0.0250. The van der Waals surface area contributed by atoms with Gasteiger partial charge in [0.15, 0.2) is 0 Å². The summed E-state index contributed by atoms with van der Waals surface area (Å²) in [5, 5.41) is 26.5. The van der Waals surface area contributed by atoms with E-state index in [1.165, 1.54) is 12.1 Å². The number of rotatable bonds is 12. The molecule has 0 saturated heterocycles. The van der Waals surface area contributed by atoms with Crippen LogP contribution in [0.3, 0.4) is 0 Å². The van der Waals surface area contributed by atoms with Crippen LogP contribution in [0, 0.1) is 17.1 Å². The van der Waals surface area contributed by atoms with E-state index in [4.69, 9.17) is 21.6 Å². The Morgan fingerprint density at radius 2 is 2.08 bits per heavy atom. The minimum atomic E-state index is -1.21. The van der Waals surface area contributed by atoms with Gasteiger partial charge < -0.3 is 19.7 Å². The largest absolute Gasteiger partial charge is 0.385 e. The van der Waals surface area contributed by atoms with E-state index in [9.17, 15) is 14.3 Å². The van der Waals surface area contributed by atoms with Crippen molar-refractivity contribution in [1.29, 1.82) is 5.26 Å². The summed E-state index contributed by atoms with van der Waals surface area (Å²) in [7, 11) is -1.21. The highest BCUT2D eigenvalue weighted by Gasteiger charge is 2.18. The van der Waals surface area contributed by atoms with Crippen LogP contribution in [0.1, 0.15) is 37.0 Å². The lowest BCUT2D eigenvalue weighted by molar-refractivity contribution is -0.121. The van der Waals surface area contributed by atoms with Crippen LogP contribution in [0.2, 0.25) is 30.7 Å². The second kappa shape index (κ2) is 12.7. The number of hydrogen-bond donors (Lipinski definition) is 2. The number of nitriles is 1. The normalized spacial score (nSPS) is 13.2. The van der Waals surface area contributed by atoms with E-state index < -0.39 is 20.0 Å². The van der Waals surface area contributed by atoms with Crippen molar-refractivity contribution >= 4 is 25.6 Å². The van der Waals surface area contributed by atoms with Gasteiger partial charge in [0.25, 0.3) is 0 Å². The number of ether oxygens (including phenoxy) is 1. The Hall–Kier alpha value is -3.04. The van der Waals surface area contributed by atoms with Gasteiger partial charge in [0.05, 0.1) is 29.4 Å². The van der Waals surface area contributed by atoms with E-state index in [-0.39, 0.29) is 35.7 Å². The zero-order chi connectivity index (χ0) is 28.0. The van der Waals surface area contributed by atoms with E-state index in [1.54, 1.807) is 40.7 Å². The van der Waals surface area contributed by atoms with Gasteiger partial charge >= 0.3 is 0 Å². The highest BCUT2D eigenvalue weighted by molar-refractivity contribution is 6.76. The van der Waals surface area contributed by atoms with Crippen molar-refractivity contribution in [3.63, 3.8) is 0 Å². The summed E-state index contributed by atoms with van der Waals surface area (Å²) in [6, 6.07) is 6.96. The molecule has 2 heterocycles. The summed E-state index contributed by atoms with van der Waals surface area (Å²) in [6.07, 6.45) is 2.72. The molecule has 0 fully saturated rings. The fourth-order valence-electron chi connectivity index (χ4n) is 3.81. The lowest BCUT2D eigenvalue weighted by atomic mass is 10.1. The molecule has 12 heteroatoms. The van der Waals surface area contributed by atoms with Gasteiger partial charge in [-0.1, -0.05) is 31.2 Å². The molecule has 9 nitrogen and oxygen atoms in total. The van der Waals surface area contributed by atoms with Crippen LogP contribution in [0.25, 0.3) is 11.3 Å². The lowest BCUT2D eigenvalue weighted by Gasteiger charge is -2.16. The molecular formula is C26H34ClFN6O3Si. The zero-order valence-electron chi connectivity index (χ0n) is 22.3. The van der Waals surface area contributed by atoms with Crippen molar-refractivity contribution in [2.45, 2.75) is 71.4 Å². The molecule has 204 valence electrons. The molecule has 38 heavy (non-hydrogen) atoms. The molecule has 2 N–H and O–H groups in total. The first kappa shape index (κ1) is 29.5. The third-order valence-electron chi connectivity index (χ3n) is 5.76. The third-order valence-corrected chi connectivity index (χ3v) is 7.76. The SMILES string of the molecule is CC(O)c1nc(CC(=O)N[C@@H](C)Cn2ccc(-c3cc(F)c(C#N)c(Cl)c3)n2)cn1COCC[Si](C)(C)C. The molecule has 1 amide bonds. The number of carbonyl (C=O) groups excluding carboxylic acids is 1. The number of aliphatic hydroxyl groups excluding tert-OH is 1. The van der Waals surface area contributed by atoms with Gasteiger partial charge in [-0.25, -0.2) is 9.37 Å². The summed E-state index contributed by atoms with van der Waals surface area (Å²) in [4.78, 5) is 17.1. The van der Waals surface area contributed by atoms with Crippen molar-refractivity contribution < 1.29 is 19.0 Å². The number of halogens is 2. The topological polar surface area (TPSA) is 118 Å². The number of benzene rings is 1. The summed E-state index contributed by atoms with van der Waals surface area (Å²) < 4.78 is 23.3. The summed E-state index contributed by atoms with van der Waals surface area (Å²) >= 11 is 6.01. The molecule has 1 aromatic carbocycles. The number of nitrogens with zero attached hydrogens (tertiary/aromatic N) is 5. The standard InChI is InChI=1S/C26H34ClFN6O3Si/c1-17(14-34-7-6-24(32-34)19-10-22(27)21(13-29)23(28)11-19)30-25(36)12-20-15-33(26(31-20)18(2)35)16-37-8-9-38(3,4)5/h6-7,10-11,15,17-18,35H,8-9,12,14,16H2,1-5H3,(H,30,36)/t17-,18?/m0/s1. The highest BCUT2D eigenvalue weighted by Crippen LogP contribution is 2.26. The number of aromatic nitrogens is 4. The minimum Gasteiger partial charge on any atom is -0.385 e. The number of carbonyl (C=O) groups is 1. The molecule has 0 aliphatic rings.